The zero-order valence-electron chi connectivity index (χ0n) is 9.25. The highest BCUT2D eigenvalue weighted by atomic mass is 32.2. The van der Waals surface area contributed by atoms with Crippen LogP contribution in [0.4, 0.5) is 0 Å². The third-order valence-electron chi connectivity index (χ3n) is 1.96. The third-order valence-corrected chi connectivity index (χ3v) is 2.71. The first-order valence-corrected chi connectivity index (χ1v) is 5.97. The molecule has 1 aromatic rings. The third kappa shape index (κ3) is 4.80. The molecule has 80 valence electrons. The molecule has 0 heterocycles. The predicted molar refractivity (Wildman–Crippen MR) is 66.2 cm³/mol. The van der Waals surface area contributed by atoms with Gasteiger partial charge in [-0.15, -0.1) is 0 Å². The van der Waals surface area contributed by atoms with E-state index >= 15 is 0 Å². The molecule has 0 bridgehead atoms. The van der Waals surface area contributed by atoms with Crippen molar-refractivity contribution in [2.24, 2.45) is 0 Å². The maximum Gasteiger partial charge on any atom is 0.118 e. The first kappa shape index (κ1) is 12.0. The Bertz CT molecular complexity index is 332. The molecule has 0 aliphatic carbocycles. The highest BCUT2D eigenvalue weighted by molar-refractivity contribution is 8.03. The van der Waals surface area contributed by atoms with Crippen LogP contribution in [0, 0.1) is 11.2 Å². The number of thioether (sulfide) groups is 1. The Morgan fingerprint density at radius 3 is 2.60 bits per heavy atom. The van der Waals surface area contributed by atoms with E-state index in [9.17, 15) is 0 Å². The van der Waals surface area contributed by atoms with Gasteiger partial charge in [-0.2, -0.15) is 0 Å². The Balaban J connectivity index is 2.39. The van der Waals surface area contributed by atoms with E-state index in [1.165, 1.54) is 17.7 Å². The van der Waals surface area contributed by atoms with Crippen molar-refractivity contribution in [2.45, 2.75) is 31.1 Å². The molecule has 0 N–H and O–H groups in total. The first-order chi connectivity index (χ1) is 7.36. The Morgan fingerprint density at radius 2 is 2.00 bits per heavy atom. The van der Waals surface area contributed by atoms with Crippen LogP contribution in [0.3, 0.4) is 0 Å². The first-order valence-electron chi connectivity index (χ1n) is 5.15. The van der Waals surface area contributed by atoms with E-state index in [4.69, 9.17) is 4.74 Å². The van der Waals surface area contributed by atoms with Crippen molar-refractivity contribution in [3.8, 4) is 16.9 Å². The summed E-state index contributed by atoms with van der Waals surface area (Å²) in [6, 6.07) is 7.96. The Hall–Kier alpha value is -1.07. The van der Waals surface area contributed by atoms with Crippen LogP contribution in [-0.4, -0.2) is 7.11 Å². The van der Waals surface area contributed by atoms with Gasteiger partial charge in [-0.05, 0) is 47.7 Å². The topological polar surface area (TPSA) is 9.23 Å². The second kappa shape index (κ2) is 7.25. The number of hydrogen-bond donors (Lipinski definition) is 0. The number of hydrogen-bond acceptors (Lipinski definition) is 2. The van der Waals surface area contributed by atoms with Gasteiger partial charge in [-0.1, -0.05) is 19.3 Å². The molecule has 0 spiro atoms. The van der Waals surface area contributed by atoms with Crippen LogP contribution in [0.25, 0.3) is 0 Å². The van der Waals surface area contributed by atoms with Crippen molar-refractivity contribution in [3.05, 3.63) is 24.3 Å². The van der Waals surface area contributed by atoms with Crippen molar-refractivity contribution >= 4 is 11.8 Å². The standard InChI is InChI=1S/C13H16OS/c1-3-4-5-6-11-15-13-9-7-12(14-2)8-10-13/h7-10H,3-5H2,1-2H3. The van der Waals surface area contributed by atoms with E-state index in [0.29, 0.717) is 0 Å². The van der Waals surface area contributed by atoms with Crippen LogP contribution >= 0.6 is 11.8 Å². The van der Waals surface area contributed by atoms with Crippen LogP contribution in [-0.2, 0) is 0 Å². The fraction of sp³-hybridized carbons (Fsp3) is 0.385. The smallest absolute Gasteiger partial charge is 0.118 e. The minimum absolute atomic E-state index is 0.887. The number of ether oxygens (including phenoxy) is 1. The fourth-order valence-electron chi connectivity index (χ4n) is 1.05. The van der Waals surface area contributed by atoms with Gasteiger partial charge in [-0.25, -0.2) is 0 Å². The van der Waals surface area contributed by atoms with Gasteiger partial charge in [0.1, 0.15) is 5.75 Å². The van der Waals surface area contributed by atoms with E-state index < -0.39 is 0 Å². The molecule has 15 heavy (non-hydrogen) atoms. The van der Waals surface area contributed by atoms with Gasteiger partial charge in [0.05, 0.1) is 7.11 Å². The summed E-state index contributed by atoms with van der Waals surface area (Å²) in [6.07, 6.45) is 3.40. The molecule has 2 heteroatoms. The van der Waals surface area contributed by atoms with Crippen molar-refractivity contribution in [1.82, 2.24) is 0 Å². The van der Waals surface area contributed by atoms with Gasteiger partial charge in [0, 0.05) is 11.3 Å². The number of unbranched alkanes of at least 4 members (excludes halogenated alkanes) is 2. The highest BCUT2D eigenvalue weighted by Crippen LogP contribution is 2.20. The molecule has 0 unspecified atom stereocenters. The molecule has 0 fully saturated rings. The second-order valence-corrected chi connectivity index (χ2v) is 4.04. The molecule has 1 rings (SSSR count). The Labute approximate surface area is 96.2 Å². The molecule has 1 nitrogen and oxygen atoms in total. The summed E-state index contributed by atoms with van der Waals surface area (Å²) in [7, 11) is 1.67. The van der Waals surface area contributed by atoms with Gasteiger partial charge in [0.2, 0.25) is 0 Å². The van der Waals surface area contributed by atoms with Crippen molar-refractivity contribution < 1.29 is 4.74 Å². The SMILES string of the molecule is CCCCC#CSc1ccc(OC)cc1. The lowest BCUT2D eigenvalue weighted by Gasteiger charge is -1.98. The molecular weight excluding hydrogens is 204 g/mol. The summed E-state index contributed by atoms with van der Waals surface area (Å²) in [5, 5.41) is 3.10. The van der Waals surface area contributed by atoms with Crippen LogP contribution in [0.5, 0.6) is 5.75 Å². The van der Waals surface area contributed by atoms with Crippen molar-refractivity contribution in [3.63, 3.8) is 0 Å². The number of methoxy groups -OCH3 is 1. The van der Waals surface area contributed by atoms with Crippen LogP contribution in [0.1, 0.15) is 26.2 Å². The van der Waals surface area contributed by atoms with Crippen molar-refractivity contribution in [1.29, 1.82) is 0 Å². The minimum atomic E-state index is 0.887. The van der Waals surface area contributed by atoms with Crippen LogP contribution in [0.15, 0.2) is 29.2 Å². The summed E-state index contributed by atoms with van der Waals surface area (Å²) in [4.78, 5) is 1.17. The Kier molecular flexibility index (Phi) is 5.80. The van der Waals surface area contributed by atoms with E-state index in [0.717, 1.165) is 12.2 Å². The molecule has 0 radical (unpaired) electrons. The molecular formula is C13H16OS. The molecule has 0 aliphatic rings. The highest BCUT2D eigenvalue weighted by Gasteiger charge is 1.91. The van der Waals surface area contributed by atoms with Gasteiger partial charge in [0.15, 0.2) is 0 Å². The molecule has 1 aromatic carbocycles. The molecule has 0 atom stereocenters. The monoisotopic (exact) mass is 220 g/mol. The van der Waals surface area contributed by atoms with Gasteiger partial charge in [0.25, 0.3) is 0 Å². The van der Waals surface area contributed by atoms with Crippen LogP contribution < -0.4 is 4.74 Å². The summed E-state index contributed by atoms with van der Waals surface area (Å²) < 4.78 is 5.08. The summed E-state index contributed by atoms with van der Waals surface area (Å²) >= 11 is 1.57. The second-order valence-electron chi connectivity index (χ2n) is 3.16. The normalized spacial score (nSPS) is 9.20. The largest absolute Gasteiger partial charge is 0.497 e. The predicted octanol–water partition coefficient (Wildman–Crippen LogP) is 3.94. The quantitative estimate of drug-likeness (QED) is 0.432. The average molecular weight is 220 g/mol. The van der Waals surface area contributed by atoms with E-state index in [2.05, 4.69) is 18.1 Å². The molecule has 0 saturated carbocycles. The average Bonchev–Trinajstić information content (AvgIpc) is 2.30. The van der Waals surface area contributed by atoms with E-state index in [1.807, 2.05) is 24.3 Å². The summed E-state index contributed by atoms with van der Waals surface area (Å²) in [5.41, 5.74) is 0. The molecule has 0 aromatic heterocycles. The maximum absolute atomic E-state index is 5.08. The zero-order valence-corrected chi connectivity index (χ0v) is 10.1. The molecule has 0 amide bonds. The number of benzene rings is 1. The lowest BCUT2D eigenvalue weighted by Crippen LogP contribution is -1.80. The van der Waals surface area contributed by atoms with E-state index in [-0.39, 0.29) is 0 Å². The maximum atomic E-state index is 5.08. The minimum Gasteiger partial charge on any atom is -0.497 e. The van der Waals surface area contributed by atoms with Gasteiger partial charge in [-0.3, -0.25) is 0 Å². The lowest BCUT2D eigenvalue weighted by molar-refractivity contribution is 0.414. The zero-order chi connectivity index (χ0) is 10.9. The molecule has 0 saturated heterocycles. The van der Waals surface area contributed by atoms with Crippen LogP contribution in [0.2, 0.25) is 0 Å². The van der Waals surface area contributed by atoms with E-state index in [1.54, 1.807) is 18.9 Å². The van der Waals surface area contributed by atoms with Crippen molar-refractivity contribution in [2.75, 3.05) is 7.11 Å². The van der Waals surface area contributed by atoms with Gasteiger partial charge >= 0.3 is 0 Å². The molecule has 0 aliphatic heterocycles. The number of rotatable bonds is 4. The lowest BCUT2D eigenvalue weighted by atomic mass is 10.3. The summed E-state index contributed by atoms with van der Waals surface area (Å²) in [6.45, 7) is 2.18. The fourth-order valence-corrected chi connectivity index (χ4v) is 1.62. The Morgan fingerprint density at radius 1 is 1.27 bits per heavy atom. The van der Waals surface area contributed by atoms with Gasteiger partial charge < -0.3 is 4.74 Å². The summed E-state index contributed by atoms with van der Waals surface area (Å²) in [5.74, 6) is 4.03.